The van der Waals surface area contributed by atoms with E-state index in [2.05, 4.69) is 20.7 Å². The summed E-state index contributed by atoms with van der Waals surface area (Å²) in [5.74, 6) is 0.902. The van der Waals surface area contributed by atoms with E-state index in [0.29, 0.717) is 19.5 Å². The summed E-state index contributed by atoms with van der Waals surface area (Å²) in [5.41, 5.74) is 1.91. The van der Waals surface area contributed by atoms with Crippen molar-refractivity contribution in [3.05, 3.63) is 24.0 Å². The summed E-state index contributed by atoms with van der Waals surface area (Å²) in [6, 6.07) is 3.95. The van der Waals surface area contributed by atoms with E-state index in [1.54, 1.807) is 4.52 Å². The van der Waals surface area contributed by atoms with Crippen LogP contribution < -0.4 is 10.6 Å². The molecule has 0 aliphatic carbocycles. The molecular weight excluding hydrogens is 230 g/mol. The van der Waals surface area contributed by atoms with Crippen LogP contribution in [-0.4, -0.2) is 33.6 Å². The highest BCUT2D eigenvalue weighted by molar-refractivity contribution is 5.76. The second-order valence-electron chi connectivity index (χ2n) is 4.08. The van der Waals surface area contributed by atoms with Crippen LogP contribution in [0.5, 0.6) is 0 Å². The highest BCUT2D eigenvalue weighted by atomic mass is 16.1. The van der Waals surface area contributed by atoms with Gasteiger partial charge in [-0.05, 0) is 31.5 Å². The van der Waals surface area contributed by atoms with Crippen LogP contribution in [0.1, 0.15) is 18.9 Å². The Hall–Kier alpha value is -2.11. The van der Waals surface area contributed by atoms with E-state index in [1.165, 1.54) is 6.33 Å². The molecule has 1 amide bonds. The minimum absolute atomic E-state index is 0.0486. The number of aryl methyl sites for hydroxylation is 1. The predicted molar refractivity (Wildman–Crippen MR) is 69.5 cm³/mol. The van der Waals surface area contributed by atoms with Crippen molar-refractivity contribution in [2.75, 3.05) is 18.4 Å². The zero-order chi connectivity index (χ0) is 13.0. The van der Waals surface area contributed by atoms with Crippen LogP contribution in [0.4, 0.5) is 5.82 Å². The maximum atomic E-state index is 11.3. The van der Waals surface area contributed by atoms with Crippen molar-refractivity contribution in [3.63, 3.8) is 0 Å². The Morgan fingerprint density at radius 1 is 1.44 bits per heavy atom. The number of nitrogens with one attached hydrogen (secondary N) is 2. The van der Waals surface area contributed by atoms with Gasteiger partial charge < -0.3 is 10.6 Å². The molecule has 0 unspecified atom stereocenters. The highest BCUT2D eigenvalue weighted by Gasteiger charge is 2.04. The van der Waals surface area contributed by atoms with E-state index >= 15 is 0 Å². The molecule has 0 fully saturated rings. The summed E-state index contributed by atoms with van der Waals surface area (Å²) >= 11 is 0. The minimum Gasteiger partial charge on any atom is -0.369 e. The molecule has 2 rings (SSSR count). The number of anilines is 1. The first kappa shape index (κ1) is 12.3. The van der Waals surface area contributed by atoms with Gasteiger partial charge in [0.25, 0.3) is 0 Å². The molecule has 18 heavy (non-hydrogen) atoms. The molecule has 0 aliphatic rings. The lowest BCUT2D eigenvalue weighted by Crippen LogP contribution is -2.25. The third-order valence-electron chi connectivity index (χ3n) is 2.56. The van der Waals surface area contributed by atoms with Crippen LogP contribution in [0.15, 0.2) is 18.5 Å². The summed E-state index contributed by atoms with van der Waals surface area (Å²) < 4.78 is 1.73. The topological polar surface area (TPSA) is 71.3 Å². The molecule has 6 heteroatoms. The Balaban J connectivity index is 2.03. The van der Waals surface area contributed by atoms with E-state index in [1.807, 2.05) is 26.0 Å². The van der Waals surface area contributed by atoms with Gasteiger partial charge in [0.05, 0.1) is 0 Å². The number of amides is 1. The summed E-state index contributed by atoms with van der Waals surface area (Å²) in [6.45, 7) is 5.15. The van der Waals surface area contributed by atoms with Gasteiger partial charge in [-0.25, -0.2) is 4.98 Å². The summed E-state index contributed by atoms with van der Waals surface area (Å²) in [4.78, 5) is 15.5. The average Bonchev–Trinajstić information content (AvgIpc) is 2.77. The van der Waals surface area contributed by atoms with Gasteiger partial charge in [-0.3, -0.25) is 4.79 Å². The van der Waals surface area contributed by atoms with E-state index in [9.17, 15) is 4.79 Å². The van der Waals surface area contributed by atoms with Gasteiger partial charge in [0.1, 0.15) is 12.1 Å². The van der Waals surface area contributed by atoms with Crippen molar-refractivity contribution in [2.45, 2.75) is 20.3 Å². The Morgan fingerprint density at radius 3 is 3.06 bits per heavy atom. The average molecular weight is 247 g/mol. The standard InChI is InChI=1S/C12H17N5O/c1-3-13-12(18)4-5-14-10-6-9(2)7-11-15-8-16-17(10)11/h6-8,14H,3-5H2,1-2H3,(H,13,18). The Kier molecular flexibility index (Phi) is 3.76. The molecule has 2 aromatic heterocycles. The number of aromatic nitrogens is 3. The molecular formula is C12H17N5O. The molecule has 0 aromatic carbocycles. The fraction of sp³-hybridized carbons (Fsp3) is 0.417. The fourth-order valence-corrected chi connectivity index (χ4v) is 1.77. The third-order valence-corrected chi connectivity index (χ3v) is 2.56. The number of fused-ring (bicyclic) bond motifs is 1. The first-order valence-electron chi connectivity index (χ1n) is 6.01. The molecule has 96 valence electrons. The molecule has 0 radical (unpaired) electrons. The third kappa shape index (κ3) is 2.77. The monoisotopic (exact) mass is 247 g/mol. The minimum atomic E-state index is 0.0486. The van der Waals surface area contributed by atoms with Crippen LogP contribution in [-0.2, 0) is 4.79 Å². The Labute approximate surface area is 105 Å². The molecule has 2 heterocycles. The first-order chi connectivity index (χ1) is 8.70. The van der Waals surface area contributed by atoms with Crippen LogP contribution >= 0.6 is 0 Å². The van der Waals surface area contributed by atoms with Gasteiger partial charge in [0, 0.05) is 19.5 Å². The molecule has 0 atom stereocenters. The first-order valence-corrected chi connectivity index (χ1v) is 6.01. The van der Waals surface area contributed by atoms with E-state index < -0.39 is 0 Å². The summed E-state index contributed by atoms with van der Waals surface area (Å²) in [5, 5.41) is 10.1. The van der Waals surface area contributed by atoms with Gasteiger partial charge >= 0.3 is 0 Å². The Morgan fingerprint density at radius 2 is 2.28 bits per heavy atom. The number of nitrogens with zero attached hydrogens (tertiary/aromatic N) is 3. The van der Waals surface area contributed by atoms with Gasteiger partial charge in [0.15, 0.2) is 5.65 Å². The van der Waals surface area contributed by atoms with Crippen LogP contribution in [0.2, 0.25) is 0 Å². The molecule has 0 spiro atoms. The van der Waals surface area contributed by atoms with Crippen LogP contribution in [0.25, 0.3) is 5.65 Å². The SMILES string of the molecule is CCNC(=O)CCNc1cc(C)cc2ncnn12. The maximum Gasteiger partial charge on any atom is 0.221 e. The number of hydrogen-bond donors (Lipinski definition) is 2. The molecule has 6 nitrogen and oxygen atoms in total. The van der Waals surface area contributed by atoms with Gasteiger partial charge in [-0.1, -0.05) is 0 Å². The van der Waals surface area contributed by atoms with E-state index in [0.717, 1.165) is 17.0 Å². The van der Waals surface area contributed by atoms with Gasteiger partial charge in [0.2, 0.25) is 5.91 Å². The van der Waals surface area contributed by atoms with Crippen molar-refractivity contribution in [1.29, 1.82) is 0 Å². The number of pyridine rings is 1. The fourth-order valence-electron chi connectivity index (χ4n) is 1.77. The largest absolute Gasteiger partial charge is 0.369 e. The molecule has 0 saturated carbocycles. The normalized spacial score (nSPS) is 10.6. The van der Waals surface area contributed by atoms with Crippen molar-refractivity contribution < 1.29 is 4.79 Å². The quantitative estimate of drug-likeness (QED) is 0.826. The van der Waals surface area contributed by atoms with Crippen molar-refractivity contribution in [3.8, 4) is 0 Å². The number of rotatable bonds is 5. The van der Waals surface area contributed by atoms with Crippen molar-refractivity contribution in [1.82, 2.24) is 19.9 Å². The Bertz CT molecular complexity index is 548. The van der Waals surface area contributed by atoms with E-state index in [-0.39, 0.29) is 5.91 Å². The lowest BCUT2D eigenvalue weighted by atomic mass is 10.3. The maximum absolute atomic E-state index is 11.3. The van der Waals surface area contributed by atoms with Crippen LogP contribution in [0, 0.1) is 6.92 Å². The lowest BCUT2D eigenvalue weighted by Gasteiger charge is -2.08. The zero-order valence-corrected chi connectivity index (χ0v) is 10.6. The molecule has 2 N–H and O–H groups in total. The number of hydrogen-bond acceptors (Lipinski definition) is 4. The van der Waals surface area contributed by atoms with Gasteiger partial charge in [-0.2, -0.15) is 9.61 Å². The smallest absolute Gasteiger partial charge is 0.221 e. The van der Waals surface area contributed by atoms with Gasteiger partial charge in [-0.15, -0.1) is 0 Å². The van der Waals surface area contributed by atoms with Crippen LogP contribution in [0.3, 0.4) is 0 Å². The van der Waals surface area contributed by atoms with Crippen molar-refractivity contribution >= 4 is 17.4 Å². The number of carbonyl (C=O) groups is 1. The summed E-state index contributed by atoms with van der Waals surface area (Å²) in [7, 11) is 0. The molecule has 2 aromatic rings. The second kappa shape index (κ2) is 5.48. The number of carbonyl (C=O) groups excluding carboxylic acids is 1. The van der Waals surface area contributed by atoms with Crippen molar-refractivity contribution in [2.24, 2.45) is 0 Å². The zero-order valence-electron chi connectivity index (χ0n) is 10.6. The molecule has 0 saturated heterocycles. The molecule has 0 bridgehead atoms. The van der Waals surface area contributed by atoms with E-state index in [4.69, 9.17) is 0 Å². The predicted octanol–water partition coefficient (Wildman–Crippen LogP) is 0.976. The highest BCUT2D eigenvalue weighted by Crippen LogP contribution is 2.12. The second-order valence-corrected chi connectivity index (χ2v) is 4.08. The lowest BCUT2D eigenvalue weighted by molar-refractivity contribution is -0.120. The molecule has 0 aliphatic heterocycles. The summed E-state index contributed by atoms with van der Waals surface area (Å²) in [6.07, 6.45) is 1.96.